The van der Waals surface area contributed by atoms with Crippen LogP contribution in [0.15, 0.2) is 67.0 Å². The van der Waals surface area contributed by atoms with Crippen LogP contribution in [0.3, 0.4) is 0 Å². The second-order valence-electron chi connectivity index (χ2n) is 8.44. The number of anilines is 1. The van der Waals surface area contributed by atoms with E-state index in [0.29, 0.717) is 18.1 Å². The van der Waals surface area contributed by atoms with Crippen LogP contribution in [0.5, 0.6) is 5.75 Å². The molecule has 0 radical (unpaired) electrons. The second-order valence-corrected chi connectivity index (χ2v) is 8.85. The number of hydrogen-bond acceptors (Lipinski definition) is 5. The first-order chi connectivity index (χ1) is 16.6. The van der Waals surface area contributed by atoms with E-state index >= 15 is 0 Å². The van der Waals surface area contributed by atoms with Gasteiger partial charge in [0.2, 0.25) is 5.91 Å². The number of halogens is 1. The maximum absolute atomic E-state index is 13.0. The Bertz CT molecular complexity index is 1320. The van der Waals surface area contributed by atoms with Crippen LogP contribution >= 0.6 is 11.6 Å². The fraction of sp³-hybridized carbons (Fsp3) is 0.269. The molecule has 1 atom stereocenters. The maximum atomic E-state index is 13.0. The van der Waals surface area contributed by atoms with Gasteiger partial charge in [-0.25, -0.2) is 9.50 Å². The largest absolute Gasteiger partial charge is 0.497 e. The Hall–Kier alpha value is -3.58. The molecule has 4 aromatic rings. The van der Waals surface area contributed by atoms with E-state index in [4.69, 9.17) is 21.4 Å². The van der Waals surface area contributed by atoms with Gasteiger partial charge >= 0.3 is 0 Å². The summed E-state index contributed by atoms with van der Waals surface area (Å²) in [4.78, 5) is 19.8. The van der Waals surface area contributed by atoms with Crippen LogP contribution in [0, 0.1) is 5.92 Å². The summed E-state index contributed by atoms with van der Waals surface area (Å²) in [6.07, 6.45) is 5.36. The normalized spacial score (nSPS) is 15.9. The number of methoxy groups -OCH3 is 1. The molecule has 2 aromatic heterocycles. The van der Waals surface area contributed by atoms with Crippen LogP contribution in [0.1, 0.15) is 18.4 Å². The second kappa shape index (κ2) is 9.73. The average molecular weight is 476 g/mol. The lowest BCUT2D eigenvalue weighted by Crippen LogP contribution is -2.43. The molecule has 0 saturated carbocycles. The Morgan fingerprint density at radius 1 is 1.21 bits per heavy atom. The zero-order valence-corrected chi connectivity index (χ0v) is 19.7. The molecule has 3 heterocycles. The zero-order valence-electron chi connectivity index (χ0n) is 18.9. The predicted octanol–water partition coefficient (Wildman–Crippen LogP) is 4.59. The third-order valence-electron chi connectivity index (χ3n) is 6.21. The van der Waals surface area contributed by atoms with Crippen molar-refractivity contribution >= 4 is 28.8 Å². The van der Waals surface area contributed by atoms with Crippen molar-refractivity contribution < 1.29 is 9.53 Å². The molecule has 34 heavy (non-hydrogen) atoms. The monoisotopic (exact) mass is 475 g/mol. The fourth-order valence-electron chi connectivity index (χ4n) is 4.45. The third kappa shape index (κ3) is 4.56. The Morgan fingerprint density at radius 2 is 2.09 bits per heavy atom. The summed E-state index contributed by atoms with van der Waals surface area (Å²) in [7, 11) is 1.64. The Morgan fingerprint density at radius 3 is 2.94 bits per heavy atom. The van der Waals surface area contributed by atoms with Crippen molar-refractivity contribution in [2.24, 2.45) is 5.92 Å². The molecule has 7 nitrogen and oxygen atoms in total. The third-order valence-corrected chi connectivity index (χ3v) is 6.54. The summed E-state index contributed by atoms with van der Waals surface area (Å²) < 4.78 is 7.10. The van der Waals surface area contributed by atoms with E-state index in [1.54, 1.807) is 13.3 Å². The highest BCUT2D eigenvalue weighted by atomic mass is 35.5. The summed E-state index contributed by atoms with van der Waals surface area (Å²) in [5.41, 5.74) is 3.59. The summed E-state index contributed by atoms with van der Waals surface area (Å²) in [6.45, 7) is 1.94. The van der Waals surface area contributed by atoms with Crippen molar-refractivity contribution in [2.75, 3.05) is 25.1 Å². The van der Waals surface area contributed by atoms with Crippen molar-refractivity contribution in [2.45, 2.75) is 19.4 Å². The van der Waals surface area contributed by atoms with E-state index < -0.39 is 0 Å². The number of fused-ring (bicyclic) bond motifs is 1. The zero-order chi connectivity index (χ0) is 23.5. The average Bonchev–Trinajstić information content (AvgIpc) is 3.32. The van der Waals surface area contributed by atoms with Crippen LogP contribution in [0.25, 0.3) is 16.8 Å². The molecule has 0 spiro atoms. The molecule has 1 N–H and O–H groups in total. The van der Waals surface area contributed by atoms with Crippen molar-refractivity contribution in [3.63, 3.8) is 0 Å². The number of piperidine rings is 1. The van der Waals surface area contributed by atoms with Crippen LogP contribution < -0.4 is 15.0 Å². The quantitative estimate of drug-likeness (QED) is 0.441. The van der Waals surface area contributed by atoms with Crippen molar-refractivity contribution in [3.8, 4) is 17.0 Å². The SMILES string of the molecule is COc1cccc(CNC(=O)[C@@H]2CCCN(c3nccn4nc(-c5ccccc5Cl)cc34)C2)c1. The number of hydrogen-bond donors (Lipinski definition) is 1. The van der Waals surface area contributed by atoms with E-state index in [0.717, 1.165) is 53.3 Å². The molecule has 5 rings (SSSR count). The van der Waals surface area contributed by atoms with Gasteiger partial charge in [0, 0.05) is 37.6 Å². The Labute approximate surface area is 203 Å². The van der Waals surface area contributed by atoms with Gasteiger partial charge in [0.1, 0.15) is 11.3 Å². The first kappa shape index (κ1) is 22.2. The number of benzene rings is 2. The van der Waals surface area contributed by atoms with Gasteiger partial charge < -0.3 is 15.0 Å². The van der Waals surface area contributed by atoms with Crippen molar-refractivity contribution in [3.05, 3.63) is 77.6 Å². The minimum Gasteiger partial charge on any atom is -0.497 e. The molecule has 1 aliphatic rings. The molecular weight excluding hydrogens is 450 g/mol. The molecule has 1 amide bonds. The Kier molecular flexibility index (Phi) is 6.36. The smallest absolute Gasteiger partial charge is 0.225 e. The van der Waals surface area contributed by atoms with Gasteiger partial charge in [0.05, 0.1) is 23.7 Å². The van der Waals surface area contributed by atoms with E-state index in [2.05, 4.69) is 15.2 Å². The number of rotatable bonds is 6. The van der Waals surface area contributed by atoms with Gasteiger partial charge in [-0.3, -0.25) is 4.79 Å². The standard InChI is InChI=1S/C26H26ClN5O2/c1-34-20-8-4-6-18(14-20)16-29-26(33)19-7-5-12-31(17-19)25-24-15-23(30-32(24)13-11-28-25)21-9-2-3-10-22(21)27/h2-4,6,8-11,13-15,19H,5,7,12,16-17H2,1H3,(H,29,33)/t19-/m1/s1. The fourth-order valence-corrected chi connectivity index (χ4v) is 4.68. The molecule has 174 valence electrons. The van der Waals surface area contributed by atoms with E-state index in [1.165, 1.54) is 0 Å². The topological polar surface area (TPSA) is 71.8 Å². The van der Waals surface area contributed by atoms with Crippen molar-refractivity contribution in [1.82, 2.24) is 19.9 Å². The lowest BCUT2D eigenvalue weighted by molar-refractivity contribution is -0.125. The number of ether oxygens (including phenoxy) is 1. The van der Waals surface area contributed by atoms with Crippen LogP contribution in [-0.4, -0.2) is 40.7 Å². The molecule has 0 bridgehead atoms. The molecular formula is C26H26ClN5O2. The van der Waals surface area contributed by atoms with E-state index in [1.807, 2.05) is 65.3 Å². The summed E-state index contributed by atoms with van der Waals surface area (Å²) in [6, 6.07) is 17.4. The van der Waals surface area contributed by atoms with Crippen LogP contribution in [-0.2, 0) is 11.3 Å². The van der Waals surface area contributed by atoms with Gasteiger partial charge in [-0.05, 0) is 42.7 Å². The minimum atomic E-state index is -0.104. The molecule has 2 aromatic carbocycles. The van der Waals surface area contributed by atoms with Gasteiger partial charge in [0.15, 0.2) is 5.82 Å². The summed E-state index contributed by atoms with van der Waals surface area (Å²) in [5.74, 6) is 1.57. The molecule has 1 aliphatic heterocycles. The van der Waals surface area contributed by atoms with Gasteiger partial charge in [-0.15, -0.1) is 0 Å². The number of nitrogens with one attached hydrogen (secondary N) is 1. The molecule has 8 heteroatoms. The number of nitrogens with zero attached hydrogens (tertiary/aromatic N) is 4. The van der Waals surface area contributed by atoms with E-state index in [9.17, 15) is 4.79 Å². The molecule has 1 fully saturated rings. The molecule has 1 saturated heterocycles. The lowest BCUT2D eigenvalue weighted by Gasteiger charge is -2.33. The van der Waals surface area contributed by atoms with Gasteiger partial charge in [-0.2, -0.15) is 5.10 Å². The highest BCUT2D eigenvalue weighted by Gasteiger charge is 2.28. The molecule has 0 unspecified atom stereocenters. The number of amides is 1. The number of carbonyl (C=O) groups excluding carboxylic acids is 1. The first-order valence-electron chi connectivity index (χ1n) is 11.4. The Balaban J connectivity index is 1.32. The highest BCUT2D eigenvalue weighted by Crippen LogP contribution is 2.31. The number of carbonyl (C=O) groups is 1. The van der Waals surface area contributed by atoms with Crippen molar-refractivity contribution in [1.29, 1.82) is 0 Å². The van der Waals surface area contributed by atoms with Gasteiger partial charge in [-0.1, -0.05) is 41.9 Å². The lowest BCUT2D eigenvalue weighted by atomic mass is 9.97. The first-order valence-corrected chi connectivity index (χ1v) is 11.7. The van der Waals surface area contributed by atoms with Crippen LogP contribution in [0.2, 0.25) is 5.02 Å². The van der Waals surface area contributed by atoms with E-state index in [-0.39, 0.29) is 11.8 Å². The predicted molar refractivity (Wildman–Crippen MR) is 133 cm³/mol. The number of aromatic nitrogens is 3. The minimum absolute atomic E-state index is 0.0599. The van der Waals surface area contributed by atoms with Crippen LogP contribution in [0.4, 0.5) is 5.82 Å². The maximum Gasteiger partial charge on any atom is 0.225 e. The van der Waals surface area contributed by atoms with Gasteiger partial charge in [0.25, 0.3) is 0 Å². The molecule has 0 aliphatic carbocycles. The summed E-state index contributed by atoms with van der Waals surface area (Å²) >= 11 is 6.39. The highest BCUT2D eigenvalue weighted by molar-refractivity contribution is 6.33. The summed E-state index contributed by atoms with van der Waals surface area (Å²) in [5, 5.41) is 8.45.